The fourth-order valence-electron chi connectivity index (χ4n) is 3.80. The number of nitrogens with zero attached hydrogens (tertiary/aromatic N) is 5. The fourth-order valence-corrected chi connectivity index (χ4v) is 3.80. The molecule has 2 aromatic heterocycles. The highest BCUT2D eigenvalue weighted by atomic mass is 19.4. The predicted molar refractivity (Wildman–Crippen MR) is 106 cm³/mol. The van der Waals surface area contributed by atoms with E-state index in [0.29, 0.717) is 6.54 Å². The number of aliphatic hydroxyl groups is 1. The second-order valence-corrected chi connectivity index (χ2v) is 7.74. The summed E-state index contributed by atoms with van der Waals surface area (Å²) in [7, 11) is 1.52. The van der Waals surface area contributed by atoms with E-state index in [4.69, 9.17) is 0 Å². The molecule has 1 aliphatic heterocycles. The normalized spacial score (nSPS) is 15.6. The van der Waals surface area contributed by atoms with Gasteiger partial charge in [-0.3, -0.25) is 9.69 Å². The van der Waals surface area contributed by atoms with E-state index in [0.717, 1.165) is 36.3 Å². The van der Waals surface area contributed by atoms with Crippen LogP contribution in [0.4, 0.5) is 13.2 Å². The third-order valence-corrected chi connectivity index (χ3v) is 5.34. The van der Waals surface area contributed by atoms with Crippen molar-refractivity contribution in [1.29, 1.82) is 0 Å². The van der Waals surface area contributed by atoms with Crippen molar-refractivity contribution in [2.45, 2.75) is 25.2 Å². The Morgan fingerprint density at radius 1 is 1.26 bits per heavy atom. The molecule has 7 nitrogen and oxygen atoms in total. The maximum Gasteiger partial charge on any atom is 0.433 e. The highest BCUT2D eigenvalue weighted by Gasteiger charge is 2.33. The maximum atomic E-state index is 12.8. The Morgan fingerprint density at radius 2 is 2.00 bits per heavy atom. The Morgan fingerprint density at radius 3 is 2.74 bits per heavy atom. The number of aliphatic hydroxyl groups excluding tert-OH is 1. The first-order valence-corrected chi connectivity index (χ1v) is 9.87. The number of benzene rings is 1. The number of carbonyl (C=O) groups is 1. The largest absolute Gasteiger partial charge is 0.433 e. The molecule has 1 amide bonds. The van der Waals surface area contributed by atoms with Crippen molar-refractivity contribution >= 4 is 11.6 Å². The van der Waals surface area contributed by atoms with Gasteiger partial charge in [-0.05, 0) is 23.6 Å². The first-order valence-electron chi connectivity index (χ1n) is 9.87. The van der Waals surface area contributed by atoms with Crippen molar-refractivity contribution in [1.82, 2.24) is 24.4 Å². The van der Waals surface area contributed by atoms with Gasteiger partial charge in [0, 0.05) is 45.5 Å². The third kappa shape index (κ3) is 4.70. The Bertz CT molecular complexity index is 1100. The van der Waals surface area contributed by atoms with Gasteiger partial charge in [-0.25, -0.2) is 9.50 Å². The van der Waals surface area contributed by atoms with Crippen molar-refractivity contribution in [3.05, 3.63) is 65.1 Å². The van der Waals surface area contributed by atoms with Gasteiger partial charge in [-0.2, -0.15) is 18.3 Å². The van der Waals surface area contributed by atoms with Crippen LogP contribution in [0.15, 0.2) is 42.6 Å². The number of alkyl halides is 3. The second-order valence-electron chi connectivity index (χ2n) is 7.74. The van der Waals surface area contributed by atoms with Gasteiger partial charge in [0.2, 0.25) is 0 Å². The van der Waals surface area contributed by atoms with Crippen molar-refractivity contribution in [2.24, 2.45) is 0 Å². The van der Waals surface area contributed by atoms with Crippen molar-refractivity contribution < 1.29 is 23.1 Å². The van der Waals surface area contributed by atoms with Crippen LogP contribution in [0, 0.1) is 0 Å². The summed E-state index contributed by atoms with van der Waals surface area (Å²) in [5.41, 5.74) is 1.40. The van der Waals surface area contributed by atoms with E-state index < -0.39 is 23.9 Å². The monoisotopic (exact) mass is 433 g/mol. The van der Waals surface area contributed by atoms with E-state index in [2.05, 4.69) is 27.1 Å². The van der Waals surface area contributed by atoms with Crippen LogP contribution in [0.25, 0.3) is 5.65 Å². The molecule has 1 N–H and O–H groups in total. The molecule has 0 aliphatic carbocycles. The molecular weight excluding hydrogens is 411 g/mol. The van der Waals surface area contributed by atoms with Crippen LogP contribution in [0.3, 0.4) is 0 Å². The highest BCUT2D eigenvalue weighted by molar-refractivity contribution is 5.93. The second kappa shape index (κ2) is 8.27. The van der Waals surface area contributed by atoms with E-state index in [1.165, 1.54) is 29.1 Å². The minimum absolute atomic E-state index is 0.0339. The van der Waals surface area contributed by atoms with Crippen molar-refractivity contribution in [3.8, 4) is 0 Å². The molecule has 0 radical (unpaired) electrons. The van der Waals surface area contributed by atoms with Crippen LogP contribution in [-0.2, 0) is 19.1 Å². The fraction of sp³-hybridized carbons (Fsp3) is 0.381. The summed E-state index contributed by atoms with van der Waals surface area (Å²) in [4.78, 5) is 19.6. The third-order valence-electron chi connectivity index (χ3n) is 5.34. The van der Waals surface area contributed by atoms with E-state index >= 15 is 0 Å². The average Bonchev–Trinajstić information content (AvgIpc) is 3.15. The molecule has 31 heavy (non-hydrogen) atoms. The van der Waals surface area contributed by atoms with Gasteiger partial charge in [-0.1, -0.05) is 24.3 Å². The van der Waals surface area contributed by atoms with Gasteiger partial charge < -0.3 is 10.0 Å². The Kier molecular flexibility index (Phi) is 5.67. The maximum absolute atomic E-state index is 12.8. The Balaban J connectivity index is 1.38. The lowest BCUT2D eigenvalue weighted by atomic mass is 10.00. The summed E-state index contributed by atoms with van der Waals surface area (Å²) < 4.78 is 39.6. The van der Waals surface area contributed by atoms with Gasteiger partial charge in [0.1, 0.15) is 5.69 Å². The summed E-state index contributed by atoms with van der Waals surface area (Å²) in [6.45, 7) is 2.05. The lowest BCUT2D eigenvalue weighted by Crippen LogP contribution is -2.42. The Hall–Kier alpha value is -2.98. The first-order chi connectivity index (χ1) is 14.7. The number of β-amino-alcohol motifs (C(OH)–C–C–N with tert-alkyl or cyclic N) is 1. The molecule has 3 heterocycles. The standard InChI is InChI=1S/C21H22F3N5O2/c1-27(12-16(30)13-28-8-6-14-4-2-3-5-15(14)11-28)20(31)17-10-19-25-18(21(22,23)24)7-9-29(19)26-17/h2-5,7,9-10,16,30H,6,8,11-13H2,1H3/t16-/m0/s1. The van der Waals surface area contributed by atoms with Gasteiger partial charge in [0.05, 0.1) is 6.10 Å². The molecule has 0 spiro atoms. The summed E-state index contributed by atoms with van der Waals surface area (Å²) in [5, 5.41) is 14.5. The van der Waals surface area contributed by atoms with Crippen LogP contribution in [0.2, 0.25) is 0 Å². The molecule has 0 bridgehead atoms. The quantitative estimate of drug-likeness (QED) is 0.668. The van der Waals surface area contributed by atoms with Gasteiger partial charge in [-0.15, -0.1) is 0 Å². The molecule has 3 aromatic rings. The minimum Gasteiger partial charge on any atom is -0.390 e. The lowest BCUT2D eigenvalue weighted by molar-refractivity contribution is -0.141. The summed E-state index contributed by atoms with van der Waals surface area (Å²) >= 11 is 0. The van der Waals surface area contributed by atoms with E-state index in [9.17, 15) is 23.1 Å². The van der Waals surface area contributed by atoms with Gasteiger partial charge in [0.15, 0.2) is 11.3 Å². The highest BCUT2D eigenvalue weighted by Crippen LogP contribution is 2.27. The van der Waals surface area contributed by atoms with Crippen LogP contribution in [0.1, 0.15) is 27.3 Å². The zero-order valence-corrected chi connectivity index (χ0v) is 16.9. The zero-order chi connectivity index (χ0) is 22.2. The van der Waals surface area contributed by atoms with Gasteiger partial charge >= 0.3 is 6.18 Å². The lowest BCUT2D eigenvalue weighted by Gasteiger charge is -2.31. The minimum atomic E-state index is -4.58. The number of carbonyl (C=O) groups excluding carboxylic acids is 1. The van der Waals surface area contributed by atoms with Crippen molar-refractivity contribution in [2.75, 3.05) is 26.7 Å². The number of fused-ring (bicyclic) bond motifs is 2. The molecule has 164 valence electrons. The SMILES string of the molecule is CN(C[C@H](O)CN1CCc2ccccc2C1)C(=O)c1cc2nc(C(F)(F)F)ccn2n1. The Labute approximate surface area is 176 Å². The van der Waals surface area contributed by atoms with E-state index in [-0.39, 0.29) is 17.9 Å². The number of aromatic nitrogens is 3. The summed E-state index contributed by atoms with van der Waals surface area (Å²) in [5.74, 6) is -0.498. The predicted octanol–water partition coefficient (Wildman–Crippen LogP) is 2.24. The number of hydrogen-bond donors (Lipinski definition) is 1. The van der Waals surface area contributed by atoms with Crippen LogP contribution in [0.5, 0.6) is 0 Å². The van der Waals surface area contributed by atoms with Crippen LogP contribution < -0.4 is 0 Å². The van der Waals surface area contributed by atoms with Crippen LogP contribution >= 0.6 is 0 Å². The van der Waals surface area contributed by atoms with Crippen LogP contribution in [-0.4, -0.2) is 68.2 Å². The molecule has 4 rings (SSSR count). The first kappa shape index (κ1) is 21.3. The molecule has 0 saturated heterocycles. The number of likely N-dealkylation sites (N-methyl/N-ethyl adjacent to an activating group) is 1. The van der Waals surface area contributed by atoms with E-state index in [1.54, 1.807) is 0 Å². The molecule has 0 saturated carbocycles. The zero-order valence-electron chi connectivity index (χ0n) is 16.9. The smallest absolute Gasteiger partial charge is 0.390 e. The van der Waals surface area contributed by atoms with E-state index in [1.807, 2.05) is 12.1 Å². The molecule has 0 fully saturated rings. The topological polar surface area (TPSA) is 74.0 Å². The molecular formula is C21H22F3N5O2. The number of halogens is 3. The number of rotatable bonds is 5. The summed E-state index contributed by atoms with van der Waals surface area (Å²) in [6, 6.07) is 10.2. The molecule has 1 atom stereocenters. The number of hydrogen-bond acceptors (Lipinski definition) is 5. The molecule has 0 unspecified atom stereocenters. The molecule has 10 heteroatoms. The van der Waals surface area contributed by atoms with Gasteiger partial charge in [0.25, 0.3) is 5.91 Å². The average molecular weight is 433 g/mol. The van der Waals surface area contributed by atoms with Crippen molar-refractivity contribution in [3.63, 3.8) is 0 Å². The molecule has 1 aromatic carbocycles. The number of amides is 1. The summed E-state index contributed by atoms with van der Waals surface area (Å²) in [6.07, 6.45) is -3.32. The molecule has 1 aliphatic rings.